The number of rotatable bonds is 3. The van der Waals surface area contributed by atoms with Crippen LogP contribution in [0.5, 0.6) is 0 Å². The van der Waals surface area contributed by atoms with Gasteiger partial charge in [-0.05, 0) is 35.0 Å². The molecule has 0 aliphatic heterocycles. The summed E-state index contributed by atoms with van der Waals surface area (Å²) in [7, 11) is 0. The van der Waals surface area contributed by atoms with Crippen molar-refractivity contribution in [3.8, 4) is 0 Å². The predicted octanol–water partition coefficient (Wildman–Crippen LogP) is 2.01. The smallest absolute Gasteiger partial charge is 0.170 e. The van der Waals surface area contributed by atoms with E-state index in [1.807, 2.05) is 0 Å². The molecule has 0 aliphatic carbocycles. The van der Waals surface area contributed by atoms with Crippen LogP contribution in [-0.2, 0) is 4.79 Å². The Morgan fingerprint density at radius 3 is 2.77 bits per heavy atom. The van der Waals surface area contributed by atoms with E-state index in [-0.39, 0.29) is 18.0 Å². The standard InChI is InChI=1S/C9H8BrNO2/c1-6(12)4-8(13)7-2-3-11-9(10)5-7/h2-3,5H,4H2,1H3. The molecular formula is C9H8BrNO2. The maximum absolute atomic E-state index is 11.3. The van der Waals surface area contributed by atoms with E-state index in [1.54, 1.807) is 12.1 Å². The Morgan fingerprint density at radius 2 is 2.23 bits per heavy atom. The first-order valence-electron chi connectivity index (χ1n) is 3.74. The lowest BCUT2D eigenvalue weighted by Crippen LogP contribution is -2.04. The van der Waals surface area contributed by atoms with Gasteiger partial charge >= 0.3 is 0 Å². The SMILES string of the molecule is CC(=O)CC(=O)c1ccnc(Br)c1. The highest BCUT2D eigenvalue weighted by Gasteiger charge is 2.08. The fourth-order valence-electron chi connectivity index (χ4n) is 0.904. The number of carbonyl (C=O) groups excluding carboxylic acids is 2. The highest BCUT2D eigenvalue weighted by molar-refractivity contribution is 9.10. The third kappa shape index (κ3) is 3.06. The Hall–Kier alpha value is -1.03. The molecule has 68 valence electrons. The van der Waals surface area contributed by atoms with Gasteiger partial charge in [0.2, 0.25) is 0 Å². The molecule has 0 amide bonds. The molecule has 0 atom stereocenters. The molecule has 0 N–H and O–H groups in total. The topological polar surface area (TPSA) is 47.0 Å². The average molecular weight is 242 g/mol. The normalized spacial score (nSPS) is 9.69. The first kappa shape index (κ1) is 10.1. The largest absolute Gasteiger partial charge is 0.300 e. The molecule has 13 heavy (non-hydrogen) atoms. The Kier molecular flexibility index (Phi) is 3.31. The number of nitrogens with zero attached hydrogens (tertiary/aromatic N) is 1. The zero-order chi connectivity index (χ0) is 9.84. The molecule has 0 bridgehead atoms. The molecule has 0 saturated carbocycles. The number of carbonyl (C=O) groups is 2. The molecule has 3 nitrogen and oxygen atoms in total. The van der Waals surface area contributed by atoms with Gasteiger partial charge in [-0.3, -0.25) is 9.59 Å². The van der Waals surface area contributed by atoms with Crippen LogP contribution >= 0.6 is 15.9 Å². The van der Waals surface area contributed by atoms with Gasteiger partial charge < -0.3 is 0 Å². The van der Waals surface area contributed by atoms with Crippen LogP contribution in [0.25, 0.3) is 0 Å². The van der Waals surface area contributed by atoms with E-state index in [1.165, 1.54) is 13.1 Å². The zero-order valence-electron chi connectivity index (χ0n) is 7.08. The summed E-state index contributed by atoms with van der Waals surface area (Å²) in [4.78, 5) is 25.9. The molecule has 0 radical (unpaired) electrons. The van der Waals surface area contributed by atoms with Crippen LogP contribution < -0.4 is 0 Å². The third-order valence-electron chi connectivity index (χ3n) is 1.46. The molecule has 0 fully saturated rings. The van der Waals surface area contributed by atoms with Gasteiger partial charge in [0.15, 0.2) is 5.78 Å². The summed E-state index contributed by atoms with van der Waals surface area (Å²) in [6.07, 6.45) is 1.48. The van der Waals surface area contributed by atoms with E-state index < -0.39 is 0 Å². The van der Waals surface area contributed by atoms with Crippen LogP contribution in [0.3, 0.4) is 0 Å². The molecule has 0 saturated heterocycles. The zero-order valence-corrected chi connectivity index (χ0v) is 8.67. The molecule has 0 spiro atoms. The van der Waals surface area contributed by atoms with Gasteiger partial charge in [-0.15, -0.1) is 0 Å². The maximum Gasteiger partial charge on any atom is 0.170 e. The van der Waals surface area contributed by atoms with Gasteiger partial charge in [0.1, 0.15) is 10.4 Å². The van der Waals surface area contributed by atoms with Crippen molar-refractivity contribution in [2.45, 2.75) is 13.3 Å². The number of ketones is 2. The summed E-state index contributed by atoms with van der Waals surface area (Å²) in [6, 6.07) is 3.20. The van der Waals surface area contributed by atoms with Crippen LogP contribution in [0.15, 0.2) is 22.9 Å². The van der Waals surface area contributed by atoms with E-state index in [2.05, 4.69) is 20.9 Å². The molecule has 1 aromatic rings. The Morgan fingerprint density at radius 1 is 1.54 bits per heavy atom. The maximum atomic E-state index is 11.3. The van der Waals surface area contributed by atoms with Gasteiger partial charge in [0, 0.05) is 11.8 Å². The highest BCUT2D eigenvalue weighted by atomic mass is 79.9. The second-order valence-corrected chi connectivity index (χ2v) is 3.48. The van der Waals surface area contributed by atoms with Crippen molar-refractivity contribution in [3.05, 3.63) is 28.5 Å². The number of hydrogen-bond acceptors (Lipinski definition) is 3. The molecule has 0 aliphatic rings. The molecule has 4 heteroatoms. The predicted molar refractivity (Wildman–Crippen MR) is 51.6 cm³/mol. The number of pyridine rings is 1. The summed E-state index contributed by atoms with van der Waals surface area (Å²) in [5, 5.41) is 0. The number of Topliss-reactive ketones (excluding diaryl/α,β-unsaturated/α-hetero) is 2. The summed E-state index contributed by atoms with van der Waals surface area (Å²) >= 11 is 3.15. The molecule has 0 aromatic carbocycles. The Bertz CT molecular complexity index is 349. The van der Waals surface area contributed by atoms with Crippen LogP contribution in [0.1, 0.15) is 23.7 Å². The Labute approximate surface area is 84.3 Å². The van der Waals surface area contributed by atoms with Gasteiger partial charge in [-0.2, -0.15) is 0 Å². The van der Waals surface area contributed by atoms with Crippen molar-refractivity contribution in [3.63, 3.8) is 0 Å². The lowest BCUT2D eigenvalue weighted by molar-refractivity contribution is -0.116. The minimum Gasteiger partial charge on any atom is -0.300 e. The van der Waals surface area contributed by atoms with Crippen LogP contribution in [0.4, 0.5) is 0 Å². The minimum atomic E-state index is -0.171. The second-order valence-electron chi connectivity index (χ2n) is 2.67. The van der Waals surface area contributed by atoms with Crippen molar-refractivity contribution < 1.29 is 9.59 Å². The van der Waals surface area contributed by atoms with E-state index in [9.17, 15) is 9.59 Å². The van der Waals surface area contributed by atoms with E-state index in [4.69, 9.17) is 0 Å². The summed E-state index contributed by atoms with van der Waals surface area (Å²) in [5.74, 6) is -0.298. The number of hydrogen-bond donors (Lipinski definition) is 0. The molecule has 1 aromatic heterocycles. The molecule has 1 rings (SSSR count). The highest BCUT2D eigenvalue weighted by Crippen LogP contribution is 2.09. The fraction of sp³-hybridized carbons (Fsp3) is 0.222. The van der Waals surface area contributed by atoms with Crippen molar-refractivity contribution in [1.29, 1.82) is 0 Å². The first-order valence-corrected chi connectivity index (χ1v) is 4.53. The van der Waals surface area contributed by atoms with Gasteiger partial charge in [-0.1, -0.05) is 0 Å². The molecular weight excluding hydrogens is 234 g/mol. The van der Waals surface area contributed by atoms with Crippen molar-refractivity contribution in [2.75, 3.05) is 0 Å². The summed E-state index contributed by atoms with van der Waals surface area (Å²) < 4.78 is 0.599. The van der Waals surface area contributed by atoms with E-state index in [0.29, 0.717) is 10.2 Å². The lowest BCUT2D eigenvalue weighted by atomic mass is 10.1. The molecule has 1 heterocycles. The summed E-state index contributed by atoms with van der Waals surface area (Å²) in [5.41, 5.74) is 0.511. The van der Waals surface area contributed by atoms with E-state index >= 15 is 0 Å². The van der Waals surface area contributed by atoms with Crippen molar-refractivity contribution >= 4 is 27.5 Å². The Balaban J connectivity index is 2.83. The van der Waals surface area contributed by atoms with Crippen molar-refractivity contribution in [1.82, 2.24) is 4.98 Å². The van der Waals surface area contributed by atoms with Gasteiger partial charge in [-0.25, -0.2) is 4.98 Å². The fourth-order valence-corrected chi connectivity index (χ4v) is 1.27. The minimum absolute atomic E-state index is 0.0452. The van der Waals surface area contributed by atoms with Crippen molar-refractivity contribution in [2.24, 2.45) is 0 Å². The van der Waals surface area contributed by atoms with Crippen LogP contribution in [0.2, 0.25) is 0 Å². The quantitative estimate of drug-likeness (QED) is 0.462. The van der Waals surface area contributed by atoms with Gasteiger partial charge in [0.05, 0.1) is 6.42 Å². The lowest BCUT2D eigenvalue weighted by Gasteiger charge is -1.97. The second kappa shape index (κ2) is 4.28. The van der Waals surface area contributed by atoms with Gasteiger partial charge in [0.25, 0.3) is 0 Å². The number of halogens is 1. The van der Waals surface area contributed by atoms with E-state index in [0.717, 1.165) is 0 Å². The average Bonchev–Trinajstić information content (AvgIpc) is 2.03. The monoisotopic (exact) mass is 241 g/mol. The summed E-state index contributed by atoms with van der Waals surface area (Å²) in [6.45, 7) is 1.40. The first-order chi connectivity index (χ1) is 6.09. The van der Waals surface area contributed by atoms with Crippen LogP contribution in [-0.4, -0.2) is 16.6 Å². The van der Waals surface area contributed by atoms with Crippen LogP contribution in [0, 0.1) is 0 Å². The number of aromatic nitrogens is 1. The molecule has 0 unspecified atom stereocenters. The third-order valence-corrected chi connectivity index (χ3v) is 1.89.